The number of methoxy groups -OCH3 is 2. The molecule has 0 bridgehead atoms. The van der Waals surface area contributed by atoms with Gasteiger partial charge in [0, 0.05) is 17.5 Å². The van der Waals surface area contributed by atoms with E-state index in [1.54, 1.807) is 14.2 Å². The zero-order valence-electron chi connectivity index (χ0n) is 18.3. The Labute approximate surface area is 177 Å². The molecule has 6 heteroatoms. The lowest BCUT2D eigenvalue weighted by Gasteiger charge is -2.13. The molecular formula is C24H29N3O3. The van der Waals surface area contributed by atoms with Crippen LogP contribution in [0.4, 0.5) is 0 Å². The van der Waals surface area contributed by atoms with Crippen molar-refractivity contribution in [2.24, 2.45) is 0 Å². The van der Waals surface area contributed by atoms with Gasteiger partial charge < -0.3 is 19.7 Å². The number of pyridine rings is 1. The Morgan fingerprint density at radius 3 is 2.50 bits per heavy atom. The number of carbonyl (C=O) groups excluding carboxylic acids is 1. The van der Waals surface area contributed by atoms with Gasteiger partial charge in [-0.15, -0.1) is 0 Å². The van der Waals surface area contributed by atoms with Crippen LogP contribution < -0.4 is 14.8 Å². The lowest BCUT2D eigenvalue weighted by molar-refractivity contribution is 0.0954. The number of aromatic nitrogens is 1. The summed E-state index contributed by atoms with van der Waals surface area (Å²) in [6, 6.07) is 13.5. The molecule has 0 radical (unpaired) electrons. The van der Waals surface area contributed by atoms with E-state index in [0.29, 0.717) is 29.3 Å². The van der Waals surface area contributed by atoms with Gasteiger partial charge in [0.25, 0.3) is 5.91 Å². The lowest BCUT2D eigenvalue weighted by atomic mass is 10.0. The highest BCUT2D eigenvalue weighted by atomic mass is 16.5. The molecule has 0 spiro atoms. The molecule has 0 aliphatic carbocycles. The minimum Gasteiger partial charge on any atom is -0.493 e. The molecule has 6 nitrogen and oxygen atoms in total. The smallest absolute Gasteiger partial charge is 0.252 e. The molecule has 1 aromatic heterocycles. The van der Waals surface area contributed by atoms with Crippen molar-refractivity contribution >= 4 is 16.8 Å². The summed E-state index contributed by atoms with van der Waals surface area (Å²) in [4.78, 5) is 19.9. The molecule has 0 aliphatic rings. The maximum Gasteiger partial charge on any atom is 0.252 e. The van der Waals surface area contributed by atoms with Crippen LogP contribution in [0.2, 0.25) is 0 Å². The van der Waals surface area contributed by atoms with Gasteiger partial charge in [0.05, 0.1) is 31.0 Å². The van der Waals surface area contributed by atoms with Crippen molar-refractivity contribution in [1.29, 1.82) is 0 Å². The number of aryl methyl sites for hydroxylation is 1. The van der Waals surface area contributed by atoms with E-state index >= 15 is 0 Å². The molecular weight excluding hydrogens is 378 g/mol. The van der Waals surface area contributed by atoms with Gasteiger partial charge in [-0.1, -0.05) is 11.6 Å². The number of hydrogen-bond donors (Lipinski definition) is 1. The zero-order valence-corrected chi connectivity index (χ0v) is 18.3. The first-order valence-corrected chi connectivity index (χ1v) is 9.99. The third-order valence-corrected chi connectivity index (χ3v) is 4.96. The molecule has 0 saturated heterocycles. The summed E-state index contributed by atoms with van der Waals surface area (Å²) in [5.74, 6) is 1.18. The van der Waals surface area contributed by atoms with E-state index < -0.39 is 0 Å². The second-order valence-corrected chi connectivity index (χ2v) is 7.56. The molecule has 2 aromatic carbocycles. The number of amides is 1. The minimum absolute atomic E-state index is 0.0894. The summed E-state index contributed by atoms with van der Waals surface area (Å²) >= 11 is 0. The molecule has 3 rings (SSSR count). The molecule has 1 heterocycles. The summed E-state index contributed by atoms with van der Waals surface area (Å²) in [6.07, 6.45) is 0.892. The second kappa shape index (κ2) is 9.59. The number of carbonyl (C=O) groups is 1. The van der Waals surface area contributed by atoms with E-state index in [9.17, 15) is 4.79 Å². The average molecular weight is 408 g/mol. The fraction of sp³-hybridized carbons (Fsp3) is 0.333. The fourth-order valence-electron chi connectivity index (χ4n) is 3.36. The highest BCUT2D eigenvalue weighted by Crippen LogP contribution is 2.33. The Bertz CT molecular complexity index is 1050. The van der Waals surface area contributed by atoms with Crippen molar-refractivity contribution in [1.82, 2.24) is 15.2 Å². The Hall–Kier alpha value is -3.12. The van der Waals surface area contributed by atoms with Crippen LogP contribution in [0, 0.1) is 6.92 Å². The summed E-state index contributed by atoms with van der Waals surface area (Å²) in [6.45, 7) is 3.56. The number of fused-ring (bicyclic) bond motifs is 1. The Morgan fingerprint density at radius 1 is 1.03 bits per heavy atom. The van der Waals surface area contributed by atoms with Gasteiger partial charge >= 0.3 is 0 Å². The number of nitrogens with one attached hydrogen (secondary N) is 1. The van der Waals surface area contributed by atoms with E-state index in [1.807, 2.05) is 63.5 Å². The predicted octanol–water partition coefficient (Wildman–Crippen LogP) is 3.91. The Morgan fingerprint density at radius 2 is 1.80 bits per heavy atom. The van der Waals surface area contributed by atoms with E-state index in [2.05, 4.69) is 10.2 Å². The van der Waals surface area contributed by atoms with Gasteiger partial charge in [0.2, 0.25) is 0 Å². The quantitative estimate of drug-likeness (QED) is 0.574. The van der Waals surface area contributed by atoms with E-state index in [0.717, 1.165) is 35.0 Å². The highest BCUT2D eigenvalue weighted by Gasteiger charge is 2.15. The van der Waals surface area contributed by atoms with Crippen LogP contribution >= 0.6 is 0 Å². The van der Waals surface area contributed by atoms with E-state index in [-0.39, 0.29) is 5.91 Å². The number of hydrogen-bond acceptors (Lipinski definition) is 5. The van der Waals surface area contributed by atoms with E-state index in [1.165, 1.54) is 0 Å². The number of ether oxygens (including phenoxy) is 2. The number of nitrogens with zero attached hydrogens (tertiary/aromatic N) is 2. The largest absolute Gasteiger partial charge is 0.493 e. The molecule has 1 N–H and O–H groups in total. The molecule has 0 unspecified atom stereocenters. The van der Waals surface area contributed by atoms with Gasteiger partial charge in [0.1, 0.15) is 0 Å². The van der Waals surface area contributed by atoms with Crippen LogP contribution in [0.25, 0.3) is 22.2 Å². The summed E-state index contributed by atoms with van der Waals surface area (Å²) in [5, 5.41) is 3.90. The van der Waals surface area contributed by atoms with Crippen molar-refractivity contribution in [3.63, 3.8) is 0 Å². The molecule has 30 heavy (non-hydrogen) atoms. The van der Waals surface area contributed by atoms with Crippen LogP contribution in [0.1, 0.15) is 22.3 Å². The minimum atomic E-state index is -0.0894. The Balaban J connectivity index is 2.01. The average Bonchev–Trinajstić information content (AvgIpc) is 2.75. The van der Waals surface area contributed by atoms with Crippen molar-refractivity contribution in [2.75, 3.05) is 41.4 Å². The number of benzene rings is 2. The number of rotatable bonds is 8. The maximum absolute atomic E-state index is 13.0. The zero-order chi connectivity index (χ0) is 21.7. The van der Waals surface area contributed by atoms with Crippen LogP contribution in [0.15, 0.2) is 42.5 Å². The van der Waals surface area contributed by atoms with Gasteiger partial charge in [-0.25, -0.2) is 4.98 Å². The molecule has 3 aromatic rings. The van der Waals surface area contributed by atoms with E-state index in [4.69, 9.17) is 14.5 Å². The van der Waals surface area contributed by atoms with Crippen molar-refractivity contribution in [3.8, 4) is 22.8 Å². The molecule has 0 aliphatic heterocycles. The third-order valence-electron chi connectivity index (χ3n) is 4.96. The molecule has 0 saturated carbocycles. The van der Waals surface area contributed by atoms with Gasteiger partial charge in [-0.2, -0.15) is 0 Å². The fourth-order valence-corrected chi connectivity index (χ4v) is 3.36. The summed E-state index contributed by atoms with van der Waals surface area (Å²) in [5.41, 5.74) is 4.07. The molecule has 1 amide bonds. The predicted molar refractivity (Wildman–Crippen MR) is 121 cm³/mol. The molecule has 0 fully saturated rings. The van der Waals surface area contributed by atoms with Gasteiger partial charge in [0.15, 0.2) is 11.5 Å². The van der Waals surface area contributed by atoms with Gasteiger partial charge in [-0.05, 0) is 70.4 Å². The molecule has 0 atom stereocenters. The van der Waals surface area contributed by atoms with Crippen LogP contribution in [0.5, 0.6) is 11.5 Å². The van der Waals surface area contributed by atoms with Gasteiger partial charge in [-0.3, -0.25) is 4.79 Å². The normalized spacial score (nSPS) is 11.0. The topological polar surface area (TPSA) is 63.7 Å². The van der Waals surface area contributed by atoms with Crippen LogP contribution in [-0.2, 0) is 0 Å². The van der Waals surface area contributed by atoms with Crippen LogP contribution in [0.3, 0.4) is 0 Å². The highest BCUT2D eigenvalue weighted by molar-refractivity contribution is 6.07. The standard InChI is InChI=1S/C24H29N3O3/c1-16-7-9-20-18(13-16)19(24(28)25-11-6-12-27(2)3)15-21(26-20)17-8-10-22(29-4)23(14-17)30-5/h7-10,13-15H,6,11-12H2,1-5H3,(H,25,28). The Kier molecular flexibility index (Phi) is 6.90. The van der Waals surface area contributed by atoms with Crippen LogP contribution in [-0.4, -0.2) is 57.2 Å². The van der Waals surface area contributed by atoms with Crippen molar-refractivity contribution < 1.29 is 14.3 Å². The first kappa shape index (κ1) is 21.6. The maximum atomic E-state index is 13.0. The first-order chi connectivity index (χ1) is 14.4. The monoisotopic (exact) mass is 407 g/mol. The SMILES string of the molecule is COc1ccc(-c2cc(C(=O)NCCCN(C)C)c3cc(C)ccc3n2)cc1OC. The molecule has 158 valence electrons. The first-order valence-electron chi connectivity index (χ1n) is 9.99. The summed E-state index contributed by atoms with van der Waals surface area (Å²) in [7, 11) is 7.25. The summed E-state index contributed by atoms with van der Waals surface area (Å²) < 4.78 is 10.8. The van der Waals surface area contributed by atoms with Crippen molar-refractivity contribution in [2.45, 2.75) is 13.3 Å². The lowest BCUT2D eigenvalue weighted by Crippen LogP contribution is -2.27. The third kappa shape index (κ3) is 4.89. The van der Waals surface area contributed by atoms with Crippen molar-refractivity contribution in [3.05, 3.63) is 53.6 Å². The second-order valence-electron chi connectivity index (χ2n) is 7.56.